The van der Waals surface area contributed by atoms with Crippen molar-refractivity contribution in [3.05, 3.63) is 0 Å². The van der Waals surface area contributed by atoms with E-state index in [-0.39, 0.29) is 0 Å². The Labute approximate surface area is 132 Å². The number of hydrogen-bond donors (Lipinski definition) is 1. The molecule has 8 heteroatoms. The van der Waals surface area contributed by atoms with Gasteiger partial charge in [-0.15, -0.1) is 0 Å². The highest BCUT2D eigenvalue weighted by Crippen LogP contribution is 2.58. The van der Waals surface area contributed by atoms with Crippen LogP contribution in [-0.4, -0.2) is 41.1 Å². The van der Waals surface area contributed by atoms with Gasteiger partial charge in [0, 0.05) is 13.3 Å². The van der Waals surface area contributed by atoms with Crippen LogP contribution in [0.4, 0.5) is 13.6 Å². The number of alkyl halides is 2. The first-order valence-corrected chi connectivity index (χ1v) is 7.72. The molecule has 0 saturated heterocycles. The molecule has 2 atom stereocenters. The summed E-state index contributed by atoms with van der Waals surface area (Å²) in [4.78, 5) is 22.6. The summed E-state index contributed by atoms with van der Waals surface area (Å²) < 4.78 is 39.3. The maximum Gasteiger partial charge on any atom is 0.511 e. The Bertz CT molecular complexity index is 501. The summed E-state index contributed by atoms with van der Waals surface area (Å²) in [5.74, 6) is -4.76. The number of aliphatic hydroxyl groups is 1. The number of hydrogen-bond acceptors (Lipinski definition) is 6. The van der Waals surface area contributed by atoms with Crippen molar-refractivity contribution in [2.24, 2.45) is 11.8 Å². The molecule has 4 fully saturated rings. The van der Waals surface area contributed by atoms with E-state index in [1.165, 1.54) is 0 Å². The highest BCUT2D eigenvalue weighted by molar-refractivity contribution is 5.76. The quantitative estimate of drug-likeness (QED) is 0.628. The molecule has 0 heterocycles. The van der Waals surface area contributed by atoms with E-state index in [2.05, 4.69) is 9.47 Å². The highest BCUT2D eigenvalue weighted by Gasteiger charge is 2.59. The smallest absolute Gasteiger partial charge is 0.427 e. The molecular formula is C15H20F2O6. The fraction of sp³-hybridized carbons (Fsp3) is 0.867. The van der Waals surface area contributed by atoms with Gasteiger partial charge in [0.1, 0.15) is 5.60 Å². The molecule has 0 radical (unpaired) electrons. The minimum Gasteiger partial charge on any atom is -0.427 e. The Balaban J connectivity index is 1.51. The van der Waals surface area contributed by atoms with Crippen LogP contribution in [0.3, 0.4) is 0 Å². The van der Waals surface area contributed by atoms with Gasteiger partial charge >= 0.3 is 18.0 Å². The molecule has 0 amide bonds. The lowest BCUT2D eigenvalue weighted by atomic mass is 9.52. The lowest BCUT2D eigenvalue weighted by Gasteiger charge is -2.58. The largest absolute Gasteiger partial charge is 0.511 e. The number of carbonyl (C=O) groups excluding carboxylic acids is 2. The third-order valence-electron chi connectivity index (χ3n) is 5.00. The van der Waals surface area contributed by atoms with Crippen LogP contribution in [0.1, 0.15) is 45.4 Å². The zero-order valence-corrected chi connectivity index (χ0v) is 12.8. The Morgan fingerprint density at radius 2 is 1.78 bits per heavy atom. The van der Waals surface area contributed by atoms with Crippen molar-refractivity contribution in [1.29, 1.82) is 0 Å². The minimum atomic E-state index is -3.64. The molecule has 0 aliphatic heterocycles. The number of rotatable bonds is 4. The van der Waals surface area contributed by atoms with Crippen molar-refractivity contribution in [3.8, 4) is 0 Å². The second kappa shape index (κ2) is 5.29. The van der Waals surface area contributed by atoms with Gasteiger partial charge in [0.25, 0.3) is 0 Å². The first kappa shape index (κ1) is 16.4. The minimum absolute atomic E-state index is 0.325. The predicted molar refractivity (Wildman–Crippen MR) is 71.5 cm³/mol. The first-order chi connectivity index (χ1) is 10.6. The normalized spacial score (nSPS) is 38.3. The van der Waals surface area contributed by atoms with Crippen molar-refractivity contribution >= 4 is 12.1 Å². The summed E-state index contributed by atoms with van der Waals surface area (Å²) in [7, 11) is 0. The molecular weight excluding hydrogens is 314 g/mol. The predicted octanol–water partition coefficient (Wildman–Crippen LogP) is 2.38. The zero-order valence-electron chi connectivity index (χ0n) is 12.8. The van der Waals surface area contributed by atoms with E-state index < -0.39 is 36.0 Å². The lowest BCUT2D eigenvalue weighted by Crippen LogP contribution is -2.60. The Morgan fingerprint density at radius 1 is 1.17 bits per heavy atom. The third-order valence-corrected chi connectivity index (χ3v) is 5.00. The molecule has 4 aliphatic carbocycles. The topological polar surface area (TPSA) is 82.1 Å². The van der Waals surface area contributed by atoms with Gasteiger partial charge in [0.15, 0.2) is 0 Å². The first-order valence-electron chi connectivity index (χ1n) is 7.72. The van der Waals surface area contributed by atoms with Crippen LogP contribution in [0.2, 0.25) is 0 Å². The van der Waals surface area contributed by atoms with Crippen LogP contribution in [0.25, 0.3) is 0 Å². The van der Waals surface area contributed by atoms with Crippen LogP contribution in [0.15, 0.2) is 0 Å². The molecule has 0 spiro atoms. The molecule has 4 aliphatic rings. The number of esters is 1. The van der Waals surface area contributed by atoms with Crippen LogP contribution in [0, 0.1) is 11.8 Å². The number of halogens is 2. The van der Waals surface area contributed by atoms with E-state index >= 15 is 0 Å². The molecule has 4 bridgehead atoms. The van der Waals surface area contributed by atoms with Gasteiger partial charge in [-0.1, -0.05) is 0 Å². The van der Waals surface area contributed by atoms with E-state index in [0.29, 0.717) is 38.0 Å². The molecule has 130 valence electrons. The van der Waals surface area contributed by atoms with Gasteiger partial charge in [-0.25, -0.2) is 9.59 Å². The summed E-state index contributed by atoms with van der Waals surface area (Å²) in [5.41, 5.74) is -1.55. The van der Waals surface area contributed by atoms with E-state index in [1.807, 2.05) is 0 Å². The summed E-state index contributed by atoms with van der Waals surface area (Å²) in [6.07, 6.45) is 3.14. The van der Waals surface area contributed by atoms with Crippen LogP contribution >= 0.6 is 0 Å². The van der Waals surface area contributed by atoms with Gasteiger partial charge in [-0.3, -0.25) is 0 Å². The number of ether oxygens (including phenoxy) is 3. The molecule has 1 N–H and O–H groups in total. The Hall–Kier alpha value is -1.44. The van der Waals surface area contributed by atoms with Crippen molar-refractivity contribution in [2.45, 2.75) is 62.6 Å². The van der Waals surface area contributed by atoms with Crippen LogP contribution < -0.4 is 0 Å². The van der Waals surface area contributed by atoms with Crippen LogP contribution in [-0.2, 0) is 19.0 Å². The molecule has 6 nitrogen and oxygen atoms in total. The maximum absolute atomic E-state index is 12.6. The Morgan fingerprint density at radius 3 is 2.30 bits per heavy atom. The fourth-order valence-corrected chi connectivity index (χ4v) is 4.71. The summed E-state index contributed by atoms with van der Waals surface area (Å²) in [6, 6.07) is 0. The zero-order chi connectivity index (χ0) is 16.9. The average molecular weight is 334 g/mol. The standard InChI is InChI=1S/C15H20F2O6/c1-13(16,17)11(18)21-8-22-12(19)23-15-5-9-2-10(6-15)4-14(20,3-9)7-15/h9-10,20H,2-8H2,1H3. The molecule has 4 rings (SSSR count). The molecule has 23 heavy (non-hydrogen) atoms. The summed E-state index contributed by atoms with van der Waals surface area (Å²) in [5, 5.41) is 10.5. The highest BCUT2D eigenvalue weighted by atomic mass is 19.3. The van der Waals surface area contributed by atoms with Crippen molar-refractivity contribution in [2.75, 3.05) is 6.79 Å². The van der Waals surface area contributed by atoms with Crippen molar-refractivity contribution in [1.82, 2.24) is 0 Å². The molecule has 0 aromatic carbocycles. The fourth-order valence-electron chi connectivity index (χ4n) is 4.71. The van der Waals surface area contributed by atoms with Gasteiger partial charge in [-0.05, 0) is 43.9 Å². The van der Waals surface area contributed by atoms with Crippen molar-refractivity contribution in [3.63, 3.8) is 0 Å². The van der Waals surface area contributed by atoms with E-state index in [1.54, 1.807) is 0 Å². The molecule has 0 aromatic rings. The monoisotopic (exact) mass is 334 g/mol. The number of carbonyl (C=O) groups is 2. The van der Waals surface area contributed by atoms with Gasteiger partial charge < -0.3 is 19.3 Å². The van der Waals surface area contributed by atoms with E-state index in [4.69, 9.17) is 4.74 Å². The molecule has 2 unspecified atom stereocenters. The summed E-state index contributed by atoms with van der Waals surface area (Å²) in [6.45, 7) is -0.530. The second-order valence-corrected chi connectivity index (χ2v) is 7.30. The van der Waals surface area contributed by atoms with Crippen molar-refractivity contribution < 1.29 is 37.7 Å². The van der Waals surface area contributed by atoms with Gasteiger partial charge in [0.2, 0.25) is 6.79 Å². The third kappa shape index (κ3) is 3.41. The lowest BCUT2D eigenvalue weighted by molar-refractivity contribution is -0.209. The maximum atomic E-state index is 12.6. The van der Waals surface area contributed by atoms with E-state index in [0.717, 1.165) is 19.3 Å². The van der Waals surface area contributed by atoms with Gasteiger partial charge in [-0.2, -0.15) is 8.78 Å². The second-order valence-electron chi connectivity index (χ2n) is 7.30. The summed E-state index contributed by atoms with van der Waals surface area (Å²) >= 11 is 0. The molecule has 4 saturated carbocycles. The van der Waals surface area contributed by atoms with Gasteiger partial charge in [0.05, 0.1) is 5.60 Å². The van der Waals surface area contributed by atoms with Crippen LogP contribution in [0.5, 0.6) is 0 Å². The SMILES string of the molecule is CC(F)(F)C(=O)OCOC(=O)OC12CC3CC(CC(O)(C3)C1)C2. The Kier molecular flexibility index (Phi) is 3.78. The molecule has 0 aromatic heterocycles. The van der Waals surface area contributed by atoms with E-state index in [9.17, 15) is 23.5 Å². The average Bonchev–Trinajstić information content (AvgIpc) is 2.33.